The van der Waals surface area contributed by atoms with Gasteiger partial charge in [0.05, 0.1) is 5.03 Å². The second-order valence-electron chi connectivity index (χ2n) is 2.28. The van der Waals surface area contributed by atoms with Crippen LogP contribution in [0.1, 0.15) is 19.3 Å². The Morgan fingerprint density at radius 3 is 2.40 bits per heavy atom. The van der Waals surface area contributed by atoms with Crippen LogP contribution in [0.25, 0.3) is 0 Å². The molecular formula is C6H6BrCl3. The number of rotatable bonds is 0. The molecule has 0 N–H and O–H groups in total. The van der Waals surface area contributed by atoms with Crippen LogP contribution in [-0.4, -0.2) is 3.78 Å². The highest BCUT2D eigenvalue weighted by molar-refractivity contribution is 9.10. The van der Waals surface area contributed by atoms with Crippen LogP contribution in [0.5, 0.6) is 0 Å². The fraction of sp³-hybridized carbons (Fsp3) is 0.667. The number of halogens is 4. The lowest BCUT2D eigenvalue weighted by molar-refractivity contribution is 0.697. The third kappa shape index (κ3) is 1.82. The number of alkyl halides is 2. The lowest BCUT2D eigenvalue weighted by Gasteiger charge is -2.24. The predicted molar refractivity (Wildman–Crippen MR) is 50.1 cm³/mol. The van der Waals surface area contributed by atoms with Gasteiger partial charge in [0, 0.05) is 5.03 Å². The first-order chi connectivity index (χ1) is 4.54. The first-order valence-corrected chi connectivity index (χ1v) is 4.89. The van der Waals surface area contributed by atoms with Crippen LogP contribution < -0.4 is 0 Å². The van der Waals surface area contributed by atoms with Crippen LogP contribution >= 0.6 is 50.7 Å². The Morgan fingerprint density at radius 1 is 1.40 bits per heavy atom. The lowest BCUT2D eigenvalue weighted by Crippen LogP contribution is -2.16. The van der Waals surface area contributed by atoms with Crippen LogP contribution in [0.4, 0.5) is 0 Å². The Morgan fingerprint density at radius 2 is 2.00 bits per heavy atom. The molecule has 0 spiro atoms. The van der Waals surface area contributed by atoms with Crippen LogP contribution in [0.15, 0.2) is 10.1 Å². The van der Waals surface area contributed by atoms with Crippen molar-refractivity contribution in [2.75, 3.05) is 0 Å². The van der Waals surface area contributed by atoms with Crippen molar-refractivity contribution in [3.05, 3.63) is 10.1 Å². The van der Waals surface area contributed by atoms with Gasteiger partial charge in [-0.05, 0) is 19.3 Å². The molecule has 0 heterocycles. The predicted octanol–water partition coefficient (Wildman–Crippen LogP) is 4.19. The summed E-state index contributed by atoms with van der Waals surface area (Å²) >= 11 is 20.9. The van der Waals surface area contributed by atoms with Gasteiger partial charge in [-0.2, -0.15) is 0 Å². The highest BCUT2D eigenvalue weighted by Gasteiger charge is 2.32. The van der Waals surface area contributed by atoms with E-state index in [0.717, 1.165) is 19.3 Å². The topological polar surface area (TPSA) is 0 Å². The molecule has 1 aliphatic carbocycles. The van der Waals surface area contributed by atoms with E-state index in [9.17, 15) is 0 Å². The molecule has 1 aliphatic rings. The van der Waals surface area contributed by atoms with Gasteiger partial charge >= 0.3 is 0 Å². The summed E-state index contributed by atoms with van der Waals surface area (Å²) in [6.07, 6.45) is 2.67. The average Bonchev–Trinajstić information content (AvgIpc) is 1.83. The van der Waals surface area contributed by atoms with Crippen molar-refractivity contribution in [1.29, 1.82) is 0 Å². The first kappa shape index (κ1) is 9.18. The number of hydrogen-bond donors (Lipinski definition) is 0. The standard InChI is InChI=1S/C6H6BrCl3/c7-6(10)3-1-2-4(8)5(6)9/h1-3H2. The summed E-state index contributed by atoms with van der Waals surface area (Å²) in [5, 5.41) is 1.22. The van der Waals surface area contributed by atoms with E-state index < -0.39 is 3.78 Å². The molecule has 58 valence electrons. The maximum Gasteiger partial charge on any atom is 0.136 e. The first-order valence-electron chi connectivity index (χ1n) is 2.96. The number of allylic oxidation sites excluding steroid dienone is 2. The summed E-state index contributed by atoms with van der Waals surface area (Å²) in [6.45, 7) is 0. The molecule has 0 fully saturated rings. The van der Waals surface area contributed by atoms with Crippen LogP contribution in [0.3, 0.4) is 0 Å². The maximum absolute atomic E-state index is 5.96. The molecule has 0 radical (unpaired) electrons. The smallest absolute Gasteiger partial charge is 0.100 e. The zero-order chi connectivity index (χ0) is 7.78. The molecule has 0 aromatic heterocycles. The van der Waals surface area contributed by atoms with Gasteiger partial charge in [0.25, 0.3) is 0 Å². The Kier molecular flexibility index (Phi) is 2.96. The molecular weight excluding hydrogens is 258 g/mol. The lowest BCUT2D eigenvalue weighted by atomic mass is 10.1. The van der Waals surface area contributed by atoms with E-state index in [1.54, 1.807) is 0 Å². The maximum atomic E-state index is 5.96. The minimum atomic E-state index is -0.593. The van der Waals surface area contributed by atoms with Gasteiger partial charge in [0.2, 0.25) is 0 Å². The molecule has 4 heteroatoms. The van der Waals surface area contributed by atoms with E-state index in [1.807, 2.05) is 0 Å². The van der Waals surface area contributed by atoms with E-state index in [1.165, 1.54) is 0 Å². The fourth-order valence-electron chi connectivity index (χ4n) is 0.884. The molecule has 1 unspecified atom stereocenters. The van der Waals surface area contributed by atoms with Crippen molar-refractivity contribution in [1.82, 2.24) is 0 Å². The third-order valence-electron chi connectivity index (χ3n) is 1.45. The van der Waals surface area contributed by atoms with Crippen molar-refractivity contribution in [3.8, 4) is 0 Å². The van der Waals surface area contributed by atoms with E-state index >= 15 is 0 Å². The van der Waals surface area contributed by atoms with Gasteiger partial charge < -0.3 is 0 Å². The Bertz CT molecular complexity index is 174. The molecule has 10 heavy (non-hydrogen) atoms. The summed E-state index contributed by atoms with van der Waals surface area (Å²) in [4.78, 5) is 0. The van der Waals surface area contributed by atoms with Gasteiger partial charge in [0.1, 0.15) is 3.78 Å². The van der Waals surface area contributed by atoms with Gasteiger partial charge in [-0.3, -0.25) is 0 Å². The molecule has 0 bridgehead atoms. The van der Waals surface area contributed by atoms with Crippen molar-refractivity contribution in [3.63, 3.8) is 0 Å². The highest BCUT2D eigenvalue weighted by Crippen LogP contribution is 2.46. The quantitative estimate of drug-likeness (QED) is 0.575. The number of hydrogen-bond acceptors (Lipinski definition) is 0. The van der Waals surface area contributed by atoms with E-state index in [2.05, 4.69) is 15.9 Å². The summed E-state index contributed by atoms with van der Waals surface area (Å²) in [5.41, 5.74) is 0. The SMILES string of the molecule is ClC1=C(Cl)C(Cl)(Br)CCC1. The van der Waals surface area contributed by atoms with Gasteiger partial charge in [-0.1, -0.05) is 39.1 Å². The molecule has 0 aromatic carbocycles. The second-order valence-corrected chi connectivity index (χ2v) is 5.57. The Labute approximate surface area is 83.6 Å². The molecule has 0 aromatic rings. The molecule has 1 atom stereocenters. The fourth-order valence-corrected chi connectivity index (χ4v) is 2.30. The largest absolute Gasteiger partial charge is 0.136 e. The van der Waals surface area contributed by atoms with E-state index in [4.69, 9.17) is 34.8 Å². The van der Waals surface area contributed by atoms with Crippen molar-refractivity contribution in [2.45, 2.75) is 23.0 Å². The summed E-state index contributed by atoms with van der Waals surface area (Å²) in [6, 6.07) is 0. The zero-order valence-corrected chi connectivity index (χ0v) is 8.99. The minimum absolute atomic E-state index is 0.544. The van der Waals surface area contributed by atoms with E-state index in [0.29, 0.717) is 10.1 Å². The van der Waals surface area contributed by atoms with Crippen molar-refractivity contribution in [2.24, 2.45) is 0 Å². The van der Waals surface area contributed by atoms with Crippen LogP contribution in [-0.2, 0) is 0 Å². The van der Waals surface area contributed by atoms with Gasteiger partial charge in [-0.15, -0.1) is 11.6 Å². The summed E-state index contributed by atoms with van der Waals surface area (Å²) < 4.78 is -0.593. The molecule has 0 saturated carbocycles. The van der Waals surface area contributed by atoms with Gasteiger partial charge in [0.15, 0.2) is 0 Å². The monoisotopic (exact) mass is 262 g/mol. The molecule has 1 rings (SSSR count). The third-order valence-corrected chi connectivity index (χ3v) is 3.97. The highest BCUT2D eigenvalue weighted by atomic mass is 79.9. The van der Waals surface area contributed by atoms with Crippen LogP contribution in [0, 0.1) is 0 Å². The van der Waals surface area contributed by atoms with Crippen LogP contribution in [0.2, 0.25) is 0 Å². The van der Waals surface area contributed by atoms with Gasteiger partial charge in [-0.25, -0.2) is 0 Å². The van der Waals surface area contributed by atoms with Crippen molar-refractivity contribution >= 4 is 50.7 Å². The van der Waals surface area contributed by atoms with E-state index in [-0.39, 0.29) is 0 Å². The minimum Gasteiger partial charge on any atom is -0.100 e. The average molecular weight is 264 g/mol. The molecule has 0 saturated heterocycles. The Hall–Kier alpha value is 1.09. The normalized spacial score (nSPS) is 34.8. The molecule has 0 aliphatic heterocycles. The Balaban J connectivity index is 2.89. The van der Waals surface area contributed by atoms with Crippen molar-refractivity contribution < 1.29 is 0 Å². The second kappa shape index (κ2) is 3.22. The molecule has 0 amide bonds. The summed E-state index contributed by atoms with van der Waals surface area (Å²) in [5.74, 6) is 0. The zero-order valence-electron chi connectivity index (χ0n) is 5.13. The molecule has 0 nitrogen and oxygen atoms in total. The summed E-state index contributed by atoms with van der Waals surface area (Å²) in [7, 11) is 0.